The van der Waals surface area contributed by atoms with E-state index in [1.54, 1.807) is 0 Å². The number of nitrogens with two attached hydrogens (primary N) is 1. The highest BCUT2D eigenvalue weighted by atomic mass is 32.1. The lowest BCUT2D eigenvalue weighted by molar-refractivity contribution is -0.117. The number of nitrogens with one attached hydrogen (secondary N) is 1. The Balaban J connectivity index is 3.06. The molecule has 0 aromatic carbocycles. The van der Waals surface area contributed by atoms with Gasteiger partial charge in [0.1, 0.15) is 5.00 Å². The van der Waals surface area contributed by atoms with Crippen LogP contribution in [0.1, 0.15) is 34.1 Å². The molecule has 18 heavy (non-hydrogen) atoms. The molecule has 100 valence electrons. The topological polar surface area (TPSA) is 81.4 Å². The maximum absolute atomic E-state index is 11.7. The Morgan fingerprint density at radius 2 is 2.06 bits per heavy atom. The molecule has 0 spiro atoms. The molecule has 1 rings (SSSR count). The van der Waals surface area contributed by atoms with Crippen molar-refractivity contribution in [3.05, 3.63) is 16.0 Å². The minimum absolute atomic E-state index is 0.288. The summed E-state index contributed by atoms with van der Waals surface area (Å²) in [5.74, 6) is -0.735. The molecule has 1 unspecified atom stereocenters. The molecule has 0 aliphatic carbocycles. The smallest absolute Gasteiger partial charge is 0.341 e. The summed E-state index contributed by atoms with van der Waals surface area (Å²) in [6.07, 6.45) is 0.544. The highest BCUT2D eigenvalue weighted by molar-refractivity contribution is 7.16. The average Bonchev–Trinajstić information content (AvgIpc) is 2.63. The molecule has 1 atom stereocenters. The fourth-order valence-corrected chi connectivity index (χ4v) is 2.50. The van der Waals surface area contributed by atoms with Gasteiger partial charge in [0.2, 0.25) is 5.91 Å². The summed E-state index contributed by atoms with van der Waals surface area (Å²) in [6.45, 7) is 5.55. The SMILES string of the molecule is CCC(N)C(=O)Nc1sc(C)c(C)c1C(=O)OC. The quantitative estimate of drug-likeness (QED) is 0.818. The third-order valence-corrected chi connectivity index (χ3v) is 3.91. The number of amides is 1. The van der Waals surface area contributed by atoms with Gasteiger partial charge in [0, 0.05) is 4.88 Å². The van der Waals surface area contributed by atoms with Crippen molar-refractivity contribution in [3.63, 3.8) is 0 Å². The molecule has 3 N–H and O–H groups in total. The third kappa shape index (κ3) is 2.88. The van der Waals surface area contributed by atoms with Crippen LogP contribution in [-0.4, -0.2) is 25.0 Å². The second-order valence-corrected chi connectivity index (χ2v) is 5.21. The zero-order chi connectivity index (χ0) is 13.9. The Hall–Kier alpha value is -1.40. The maximum atomic E-state index is 11.7. The summed E-state index contributed by atoms with van der Waals surface area (Å²) in [6, 6.07) is -0.571. The van der Waals surface area contributed by atoms with Crippen molar-refractivity contribution in [2.75, 3.05) is 12.4 Å². The minimum atomic E-state index is -0.571. The zero-order valence-electron chi connectivity index (χ0n) is 11.0. The number of ether oxygens (including phenoxy) is 1. The van der Waals surface area contributed by atoms with Gasteiger partial charge in [-0.25, -0.2) is 4.79 Å². The molecule has 1 amide bonds. The molecule has 0 saturated heterocycles. The average molecular weight is 270 g/mol. The van der Waals surface area contributed by atoms with Crippen LogP contribution < -0.4 is 11.1 Å². The van der Waals surface area contributed by atoms with E-state index in [0.717, 1.165) is 10.4 Å². The Morgan fingerprint density at radius 1 is 1.44 bits per heavy atom. The van der Waals surface area contributed by atoms with Gasteiger partial charge in [-0.05, 0) is 25.8 Å². The van der Waals surface area contributed by atoms with E-state index in [9.17, 15) is 9.59 Å². The van der Waals surface area contributed by atoms with Crippen molar-refractivity contribution >= 4 is 28.2 Å². The standard InChI is InChI=1S/C12H18N2O3S/c1-5-8(13)10(15)14-11-9(12(16)17-4)6(2)7(3)18-11/h8H,5,13H2,1-4H3,(H,14,15). The van der Waals surface area contributed by atoms with Crippen molar-refractivity contribution in [2.45, 2.75) is 33.2 Å². The maximum Gasteiger partial charge on any atom is 0.341 e. The minimum Gasteiger partial charge on any atom is -0.465 e. The second kappa shape index (κ2) is 5.97. The first kappa shape index (κ1) is 14.7. The summed E-state index contributed by atoms with van der Waals surface area (Å²) in [4.78, 5) is 24.4. The second-order valence-electron chi connectivity index (χ2n) is 3.98. The molecule has 0 saturated carbocycles. The van der Waals surface area contributed by atoms with Crippen LogP contribution in [0.4, 0.5) is 5.00 Å². The van der Waals surface area contributed by atoms with E-state index in [-0.39, 0.29) is 5.91 Å². The number of carbonyl (C=O) groups excluding carboxylic acids is 2. The van der Waals surface area contributed by atoms with E-state index in [1.807, 2.05) is 20.8 Å². The van der Waals surface area contributed by atoms with Crippen LogP contribution in [0.25, 0.3) is 0 Å². The molecule has 6 heteroatoms. The monoisotopic (exact) mass is 270 g/mol. The van der Waals surface area contributed by atoms with Gasteiger partial charge in [0.05, 0.1) is 18.7 Å². The summed E-state index contributed by atoms with van der Waals surface area (Å²) in [5.41, 5.74) is 6.88. The Morgan fingerprint density at radius 3 is 2.56 bits per heavy atom. The number of hydrogen-bond acceptors (Lipinski definition) is 5. The van der Waals surface area contributed by atoms with Crippen molar-refractivity contribution in [1.82, 2.24) is 0 Å². The molecule has 0 aliphatic rings. The molecular weight excluding hydrogens is 252 g/mol. The van der Waals surface area contributed by atoms with Gasteiger partial charge in [-0.2, -0.15) is 0 Å². The van der Waals surface area contributed by atoms with Crippen LogP contribution in [0.2, 0.25) is 0 Å². The van der Waals surface area contributed by atoms with Gasteiger partial charge >= 0.3 is 5.97 Å². The van der Waals surface area contributed by atoms with Crippen molar-refractivity contribution < 1.29 is 14.3 Å². The predicted octanol–water partition coefficient (Wildman–Crippen LogP) is 1.83. The van der Waals surface area contributed by atoms with Gasteiger partial charge in [0.25, 0.3) is 0 Å². The first-order valence-corrected chi connectivity index (χ1v) is 6.48. The number of esters is 1. The van der Waals surface area contributed by atoms with Crippen molar-refractivity contribution in [2.24, 2.45) is 5.73 Å². The third-order valence-electron chi connectivity index (χ3n) is 2.79. The van der Waals surface area contributed by atoms with Crippen molar-refractivity contribution in [1.29, 1.82) is 0 Å². The fraction of sp³-hybridized carbons (Fsp3) is 0.500. The summed E-state index contributed by atoms with van der Waals surface area (Å²) in [5, 5.41) is 3.20. The van der Waals surface area contributed by atoms with Gasteiger partial charge < -0.3 is 15.8 Å². The van der Waals surface area contributed by atoms with Crippen LogP contribution in [0.3, 0.4) is 0 Å². The molecular formula is C12H18N2O3S. The largest absolute Gasteiger partial charge is 0.465 e. The molecule has 1 aromatic heterocycles. The molecule has 5 nitrogen and oxygen atoms in total. The Kier molecular flexibility index (Phi) is 4.86. The molecule has 1 aromatic rings. The molecule has 1 heterocycles. The Labute approximate surface area is 110 Å². The highest BCUT2D eigenvalue weighted by Crippen LogP contribution is 2.32. The summed E-state index contributed by atoms with van der Waals surface area (Å²) in [7, 11) is 1.32. The van der Waals surface area contributed by atoms with Crippen molar-refractivity contribution in [3.8, 4) is 0 Å². The van der Waals surface area contributed by atoms with E-state index in [0.29, 0.717) is 17.0 Å². The summed E-state index contributed by atoms with van der Waals surface area (Å²) >= 11 is 1.35. The number of methoxy groups -OCH3 is 1. The van der Waals surface area contributed by atoms with Gasteiger partial charge in [-0.15, -0.1) is 11.3 Å². The first-order valence-electron chi connectivity index (χ1n) is 5.67. The van der Waals surface area contributed by atoms with Crippen LogP contribution in [-0.2, 0) is 9.53 Å². The fourth-order valence-electron chi connectivity index (χ4n) is 1.45. The molecule has 0 aliphatic heterocycles. The normalized spacial score (nSPS) is 12.1. The summed E-state index contributed by atoms with van der Waals surface area (Å²) < 4.78 is 4.72. The number of rotatable bonds is 4. The van der Waals surface area contributed by atoms with E-state index in [4.69, 9.17) is 10.5 Å². The van der Waals surface area contributed by atoms with E-state index >= 15 is 0 Å². The number of aryl methyl sites for hydroxylation is 1. The lowest BCUT2D eigenvalue weighted by Gasteiger charge is -2.10. The highest BCUT2D eigenvalue weighted by Gasteiger charge is 2.22. The predicted molar refractivity (Wildman–Crippen MR) is 72.0 cm³/mol. The molecule has 0 bridgehead atoms. The van der Waals surface area contributed by atoms with Gasteiger partial charge in [-0.3, -0.25) is 4.79 Å². The number of anilines is 1. The van der Waals surface area contributed by atoms with Gasteiger partial charge in [0.15, 0.2) is 0 Å². The lowest BCUT2D eigenvalue weighted by Crippen LogP contribution is -2.35. The van der Waals surface area contributed by atoms with Gasteiger partial charge in [-0.1, -0.05) is 6.92 Å². The number of thiophene rings is 1. The Bertz CT molecular complexity index is 468. The number of carbonyl (C=O) groups is 2. The van der Waals surface area contributed by atoms with E-state index in [1.165, 1.54) is 18.4 Å². The number of hydrogen-bond donors (Lipinski definition) is 2. The molecule has 0 fully saturated rings. The van der Waals surface area contributed by atoms with E-state index < -0.39 is 12.0 Å². The van der Waals surface area contributed by atoms with Crippen LogP contribution in [0.15, 0.2) is 0 Å². The van der Waals surface area contributed by atoms with Crippen LogP contribution in [0, 0.1) is 13.8 Å². The van der Waals surface area contributed by atoms with Crippen LogP contribution >= 0.6 is 11.3 Å². The van der Waals surface area contributed by atoms with Crippen LogP contribution in [0.5, 0.6) is 0 Å². The lowest BCUT2D eigenvalue weighted by atomic mass is 10.1. The first-order chi connectivity index (χ1) is 8.42. The van der Waals surface area contributed by atoms with E-state index in [2.05, 4.69) is 5.32 Å². The molecule has 0 radical (unpaired) electrons. The zero-order valence-corrected chi connectivity index (χ0v) is 11.8.